The molecule has 198 valence electrons. The Bertz CT molecular complexity index is 1040. The SMILES string of the molecule is CCCCn1nc(C(=O)C(CC(C)C)NC(=O)C(CC(C)C)NC(=O)OCc2ccccc2)oc1=O. The monoisotopic (exact) mass is 502 g/mol. The van der Waals surface area contributed by atoms with Crippen LogP contribution in [0.15, 0.2) is 39.5 Å². The predicted molar refractivity (Wildman–Crippen MR) is 134 cm³/mol. The van der Waals surface area contributed by atoms with Crippen molar-refractivity contribution in [2.45, 2.75) is 85.5 Å². The van der Waals surface area contributed by atoms with Gasteiger partial charge >= 0.3 is 11.8 Å². The minimum Gasteiger partial charge on any atom is -0.445 e. The molecule has 1 aromatic heterocycles. The van der Waals surface area contributed by atoms with Gasteiger partial charge in [0.25, 0.3) is 5.89 Å². The normalized spacial score (nSPS) is 12.9. The van der Waals surface area contributed by atoms with Crippen LogP contribution in [0.1, 0.15) is 76.6 Å². The molecule has 10 heteroatoms. The Morgan fingerprint density at radius 2 is 1.64 bits per heavy atom. The molecular formula is C26H38N4O6. The molecule has 2 aromatic rings. The van der Waals surface area contributed by atoms with Crippen molar-refractivity contribution in [1.82, 2.24) is 20.4 Å². The molecule has 0 spiro atoms. The lowest BCUT2D eigenvalue weighted by molar-refractivity contribution is -0.124. The highest BCUT2D eigenvalue weighted by Gasteiger charge is 2.31. The fourth-order valence-electron chi connectivity index (χ4n) is 3.59. The first-order chi connectivity index (χ1) is 17.1. The summed E-state index contributed by atoms with van der Waals surface area (Å²) in [4.78, 5) is 50.8. The van der Waals surface area contributed by atoms with E-state index in [4.69, 9.17) is 9.15 Å². The van der Waals surface area contributed by atoms with Crippen LogP contribution in [-0.4, -0.2) is 39.6 Å². The summed E-state index contributed by atoms with van der Waals surface area (Å²) in [6.45, 7) is 10.1. The molecule has 2 atom stereocenters. The van der Waals surface area contributed by atoms with Gasteiger partial charge in [0.2, 0.25) is 11.7 Å². The largest absolute Gasteiger partial charge is 0.445 e. The summed E-state index contributed by atoms with van der Waals surface area (Å²) in [5, 5.41) is 9.37. The van der Waals surface area contributed by atoms with E-state index in [0.29, 0.717) is 19.4 Å². The highest BCUT2D eigenvalue weighted by Crippen LogP contribution is 2.12. The van der Waals surface area contributed by atoms with E-state index in [1.807, 2.05) is 65.0 Å². The number of Topliss-reactive ketones (excluding diaryl/α,β-unsaturated/α-hetero) is 1. The number of ether oxygens (including phenoxy) is 1. The number of aryl methyl sites for hydroxylation is 1. The molecule has 0 bridgehead atoms. The van der Waals surface area contributed by atoms with Crippen LogP contribution < -0.4 is 16.4 Å². The van der Waals surface area contributed by atoms with Gasteiger partial charge in [0.15, 0.2) is 0 Å². The molecule has 2 amide bonds. The molecule has 0 fully saturated rings. The molecule has 0 saturated heterocycles. The maximum absolute atomic E-state index is 13.2. The summed E-state index contributed by atoms with van der Waals surface area (Å²) in [6.07, 6.45) is 1.49. The molecule has 0 aliphatic carbocycles. The third-order valence-corrected chi connectivity index (χ3v) is 5.41. The quantitative estimate of drug-likeness (QED) is 0.376. The number of rotatable bonds is 14. The number of hydrogen-bond donors (Lipinski definition) is 2. The van der Waals surface area contributed by atoms with Gasteiger partial charge in [0.05, 0.1) is 6.04 Å². The smallest absolute Gasteiger partial charge is 0.437 e. The number of carbonyl (C=O) groups is 3. The Morgan fingerprint density at radius 1 is 1.00 bits per heavy atom. The topological polar surface area (TPSA) is 133 Å². The molecule has 0 aliphatic heterocycles. The van der Waals surface area contributed by atoms with Crippen LogP contribution in [0.3, 0.4) is 0 Å². The van der Waals surface area contributed by atoms with Crippen LogP contribution >= 0.6 is 0 Å². The molecule has 1 heterocycles. The van der Waals surface area contributed by atoms with E-state index in [0.717, 1.165) is 23.1 Å². The van der Waals surface area contributed by atoms with Gasteiger partial charge in [-0.3, -0.25) is 9.59 Å². The lowest BCUT2D eigenvalue weighted by Gasteiger charge is -2.24. The first-order valence-corrected chi connectivity index (χ1v) is 12.5. The van der Waals surface area contributed by atoms with Crippen molar-refractivity contribution >= 4 is 17.8 Å². The second-order valence-corrected chi connectivity index (χ2v) is 9.69. The van der Waals surface area contributed by atoms with Crippen LogP contribution in [0.5, 0.6) is 0 Å². The van der Waals surface area contributed by atoms with Crippen LogP contribution in [0.25, 0.3) is 0 Å². The Kier molecular flexibility index (Phi) is 11.4. The molecule has 10 nitrogen and oxygen atoms in total. The molecule has 2 unspecified atom stereocenters. The van der Waals surface area contributed by atoms with Gasteiger partial charge in [0.1, 0.15) is 12.6 Å². The average Bonchev–Trinajstić information content (AvgIpc) is 3.20. The molecule has 0 aliphatic rings. The zero-order valence-corrected chi connectivity index (χ0v) is 21.8. The average molecular weight is 503 g/mol. The number of unbranched alkanes of at least 4 members (excludes halogenated alkanes) is 1. The van der Waals surface area contributed by atoms with E-state index in [1.165, 1.54) is 0 Å². The number of benzene rings is 1. The Balaban J connectivity index is 2.11. The van der Waals surface area contributed by atoms with Crippen LogP contribution in [-0.2, 0) is 22.7 Å². The maximum Gasteiger partial charge on any atom is 0.437 e. The zero-order chi connectivity index (χ0) is 26.7. The summed E-state index contributed by atoms with van der Waals surface area (Å²) in [5.74, 6) is -2.01. The molecule has 36 heavy (non-hydrogen) atoms. The van der Waals surface area contributed by atoms with Crippen molar-refractivity contribution in [3.05, 3.63) is 52.3 Å². The highest BCUT2D eigenvalue weighted by molar-refractivity contribution is 5.99. The van der Waals surface area contributed by atoms with E-state index in [9.17, 15) is 19.2 Å². The first-order valence-electron chi connectivity index (χ1n) is 12.5. The van der Waals surface area contributed by atoms with E-state index >= 15 is 0 Å². The van der Waals surface area contributed by atoms with Gasteiger partial charge < -0.3 is 19.8 Å². The van der Waals surface area contributed by atoms with Gasteiger partial charge in [-0.15, -0.1) is 5.10 Å². The number of amides is 2. The molecular weight excluding hydrogens is 464 g/mol. The van der Waals surface area contributed by atoms with Crippen LogP contribution in [0, 0.1) is 11.8 Å². The second kappa shape index (κ2) is 14.2. The van der Waals surface area contributed by atoms with E-state index in [1.54, 1.807) is 0 Å². The van der Waals surface area contributed by atoms with Crippen molar-refractivity contribution in [2.24, 2.45) is 11.8 Å². The number of alkyl carbamates (subject to hydrolysis) is 1. The Morgan fingerprint density at radius 3 is 2.25 bits per heavy atom. The van der Waals surface area contributed by atoms with Gasteiger partial charge in [-0.1, -0.05) is 71.4 Å². The summed E-state index contributed by atoms with van der Waals surface area (Å²) < 4.78 is 11.5. The fourth-order valence-corrected chi connectivity index (χ4v) is 3.59. The number of nitrogens with zero attached hydrogens (tertiary/aromatic N) is 2. The fraction of sp³-hybridized carbons (Fsp3) is 0.577. The number of carbonyl (C=O) groups excluding carboxylic acids is 3. The number of nitrogens with one attached hydrogen (secondary N) is 2. The first kappa shape index (κ1) is 28.8. The van der Waals surface area contributed by atoms with Crippen molar-refractivity contribution in [3.63, 3.8) is 0 Å². The molecule has 0 radical (unpaired) electrons. The molecule has 2 rings (SSSR count). The van der Waals surface area contributed by atoms with Crippen molar-refractivity contribution in [1.29, 1.82) is 0 Å². The maximum atomic E-state index is 13.2. The number of hydrogen-bond acceptors (Lipinski definition) is 7. The Labute approximate surface area is 211 Å². The van der Waals surface area contributed by atoms with Crippen LogP contribution in [0.4, 0.5) is 4.79 Å². The van der Waals surface area contributed by atoms with Crippen molar-refractivity contribution in [3.8, 4) is 0 Å². The van der Waals surface area contributed by atoms with Gasteiger partial charge in [-0.05, 0) is 36.7 Å². The summed E-state index contributed by atoms with van der Waals surface area (Å²) in [6, 6.07) is 7.32. The lowest BCUT2D eigenvalue weighted by atomic mass is 9.98. The minimum absolute atomic E-state index is 0.0560. The Hall–Kier alpha value is -3.43. The molecule has 0 saturated carbocycles. The summed E-state index contributed by atoms with van der Waals surface area (Å²) in [5.41, 5.74) is 0.819. The molecule has 1 aromatic carbocycles. The standard InChI is InChI=1S/C26H38N4O6/c1-6-7-13-30-26(34)36-24(29-30)22(31)20(14-17(2)3)27-23(32)21(15-18(4)5)28-25(33)35-16-19-11-9-8-10-12-19/h8-12,17-18,20-21H,6-7,13-16H2,1-5H3,(H,27,32)(H,28,33). The van der Waals surface area contributed by atoms with E-state index < -0.39 is 35.6 Å². The van der Waals surface area contributed by atoms with Gasteiger partial charge in [-0.25, -0.2) is 9.59 Å². The highest BCUT2D eigenvalue weighted by atomic mass is 16.5. The predicted octanol–water partition coefficient (Wildman–Crippen LogP) is 3.69. The number of ketones is 1. The third-order valence-electron chi connectivity index (χ3n) is 5.41. The van der Waals surface area contributed by atoms with Crippen molar-refractivity contribution in [2.75, 3.05) is 0 Å². The molecule has 2 N–H and O–H groups in total. The summed E-state index contributed by atoms with van der Waals surface area (Å²) >= 11 is 0. The number of aromatic nitrogens is 2. The lowest BCUT2D eigenvalue weighted by Crippen LogP contribution is -2.52. The summed E-state index contributed by atoms with van der Waals surface area (Å²) in [7, 11) is 0. The second-order valence-electron chi connectivity index (χ2n) is 9.69. The minimum atomic E-state index is -0.966. The third kappa shape index (κ3) is 9.31. The zero-order valence-electron chi connectivity index (χ0n) is 21.8. The van der Waals surface area contributed by atoms with Gasteiger partial charge in [0, 0.05) is 6.54 Å². The van der Waals surface area contributed by atoms with Crippen molar-refractivity contribution < 1.29 is 23.5 Å². The van der Waals surface area contributed by atoms with Crippen LogP contribution in [0.2, 0.25) is 0 Å². The van der Waals surface area contributed by atoms with E-state index in [2.05, 4.69) is 15.7 Å². The van der Waals surface area contributed by atoms with E-state index in [-0.39, 0.29) is 24.3 Å². The van der Waals surface area contributed by atoms with Gasteiger partial charge in [-0.2, -0.15) is 4.68 Å².